The Kier molecular flexibility index (Phi) is 5.95. The van der Waals surface area contributed by atoms with Crippen LogP contribution in [0.1, 0.15) is 20.7 Å². The molecule has 0 aliphatic rings. The summed E-state index contributed by atoms with van der Waals surface area (Å²) in [6, 6.07) is 15.9. The van der Waals surface area contributed by atoms with Gasteiger partial charge in [-0.25, -0.2) is 19.0 Å². The quantitative estimate of drug-likeness (QED) is 0.204. The van der Waals surface area contributed by atoms with Crippen LogP contribution in [0.3, 0.4) is 0 Å². The average Bonchev–Trinajstić information content (AvgIpc) is 3.71. The molecular formula is C30H18N8O6. The van der Waals surface area contributed by atoms with Crippen LogP contribution in [0.25, 0.3) is 55.7 Å². The Hall–Kier alpha value is -6.70. The van der Waals surface area contributed by atoms with Crippen LogP contribution in [0.2, 0.25) is 0 Å². The Bertz CT molecular complexity index is 2130. The van der Waals surface area contributed by atoms with E-state index in [1.807, 2.05) is 24.3 Å². The first-order chi connectivity index (χ1) is 21.2. The zero-order chi connectivity index (χ0) is 30.5. The molecule has 0 fully saturated rings. The Morgan fingerprint density at radius 2 is 1.02 bits per heavy atom. The highest BCUT2D eigenvalue weighted by Gasteiger charge is 2.15. The van der Waals surface area contributed by atoms with Crippen LogP contribution in [0.5, 0.6) is 11.5 Å². The first-order valence-electron chi connectivity index (χ1n) is 12.9. The van der Waals surface area contributed by atoms with Gasteiger partial charge < -0.3 is 20.4 Å². The molecule has 4 aromatic heterocycles. The lowest BCUT2D eigenvalue weighted by atomic mass is 10.1. The molecule has 14 heteroatoms. The zero-order valence-corrected chi connectivity index (χ0v) is 22.3. The predicted molar refractivity (Wildman–Crippen MR) is 155 cm³/mol. The molecule has 214 valence electrons. The van der Waals surface area contributed by atoms with Crippen LogP contribution < -0.4 is 0 Å². The minimum atomic E-state index is -1.23. The molecule has 0 saturated carbocycles. The van der Waals surface area contributed by atoms with Gasteiger partial charge >= 0.3 is 11.9 Å². The maximum atomic E-state index is 11.2. The number of hydrogen-bond donors (Lipinski definition) is 4. The smallest absolute Gasteiger partial charge is 0.339 e. The van der Waals surface area contributed by atoms with Gasteiger partial charge in [0, 0.05) is 46.4 Å². The number of aromatic nitrogens is 8. The first-order valence-corrected chi connectivity index (χ1v) is 12.9. The van der Waals surface area contributed by atoms with Crippen molar-refractivity contribution in [3.05, 3.63) is 96.6 Å². The van der Waals surface area contributed by atoms with E-state index in [9.17, 15) is 19.8 Å². The van der Waals surface area contributed by atoms with Crippen LogP contribution in [0.15, 0.2) is 85.5 Å². The molecule has 0 saturated heterocycles. The number of carbonyl (C=O) groups is 2. The Labute approximate surface area is 245 Å². The fourth-order valence-electron chi connectivity index (χ4n) is 4.80. The van der Waals surface area contributed by atoms with E-state index in [1.165, 1.54) is 45.8 Å². The minimum absolute atomic E-state index is 0.210. The van der Waals surface area contributed by atoms with Crippen molar-refractivity contribution in [3.63, 3.8) is 0 Å². The van der Waals surface area contributed by atoms with E-state index in [2.05, 4.69) is 30.6 Å². The molecule has 4 heterocycles. The van der Waals surface area contributed by atoms with Gasteiger partial charge in [-0.2, -0.15) is 0 Å². The molecule has 0 spiro atoms. The third-order valence-corrected chi connectivity index (χ3v) is 7.03. The van der Waals surface area contributed by atoms with Gasteiger partial charge in [0.15, 0.2) is 0 Å². The summed E-state index contributed by atoms with van der Waals surface area (Å²) < 4.78 is 2.86. The molecular weight excluding hydrogens is 568 g/mol. The summed E-state index contributed by atoms with van der Waals surface area (Å²) in [5.41, 5.74) is 4.28. The molecule has 0 atom stereocenters. The molecule has 0 unspecified atom stereocenters. The van der Waals surface area contributed by atoms with Crippen molar-refractivity contribution in [2.24, 2.45) is 0 Å². The molecule has 0 aliphatic heterocycles. The normalized spacial score (nSPS) is 11.3. The molecule has 7 aromatic rings. The number of rotatable bonds is 6. The van der Waals surface area contributed by atoms with Gasteiger partial charge in [-0.1, -0.05) is 22.6 Å². The van der Waals surface area contributed by atoms with E-state index < -0.39 is 11.9 Å². The Balaban J connectivity index is 1.17. The maximum absolute atomic E-state index is 11.2. The lowest BCUT2D eigenvalue weighted by Gasteiger charge is -2.06. The Morgan fingerprint density at radius 3 is 1.41 bits per heavy atom. The number of aromatic carboxylic acids is 2. The number of carboxylic acid groups (broad SMARTS) is 2. The van der Waals surface area contributed by atoms with Crippen molar-refractivity contribution >= 4 is 33.7 Å². The SMILES string of the molecule is O=C(O)c1ccc(-n2cc(-c3cnc4c(ccc5cc(-c6cn(-c7ccc(C(=O)O)c(O)c7)nn6)cnc54)c3)nn2)cc1O. The van der Waals surface area contributed by atoms with E-state index in [0.29, 0.717) is 44.9 Å². The molecule has 7 rings (SSSR count). The van der Waals surface area contributed by atoms with Crippen LogP contribution in [-0.2, 0) is 0 Å². The number of carboxylic acids is 2. The van der Waals surface area contributed by atoms with Crippen LogP contribution >= 0.6 is 0 Å². The molecule has 0 aliphatic carbocycles. The zero-order valence-electron chi connectivity index (χ0n) is 22.3. The second kappa shape index (κ2) is 9.99. The number of hydrogen-bond acceptors (Lipinski definition) is 10. The standard InChI is InChI=1S/C30H18N8O6/c39-25-9-19(3-5-21(25)29(41)42)37-13-23(33-35-37)17-7-15-1-2-16-8-18(12-32-28(16)27(15)31-11-17)24-14-38(36-34-24)20-4-6-22(30(43)44)26(40)10-20/h1-14,39-40H,(H,41,42)(H,43,44). The van der Waals surface area contributed by atoms with E-state index in [1.54, 1.807) is 24.8 Å². The number of aromatic hydroxyl groups is 2. The van der Waals surface area contributed by atoms with Crippen molar-refractivity contribution in [1.82, 2.24) is 40.0 Å². The van der Waals surface area contributed by atoms with Gasteiger partial charge in [0.05, 0.1) is 34.8 Å². The minimum Gasteiger partial charge on any atom is -0.507 e. The molecule has 4 N–H and O–H groups in total. The number of phenols is 2. The van der Waals surface area contributed by atoms with Crippen molar-refractivity contribution < 1.29 is 30.0 Å². The van der Waals surface area contributed by atoms with Crippen LogP contribution in [0, 0.1) is 0 Å². The van der Waals surface area contributed by atoms with Gasteiger partial charge in [-0.05, 0) is 36.4 Å². The van der Waals surface area contributed by atoms with Crippen molar-refractivity contribution in [2.45, 2.75) is 0 Å². The van der Waals surface area contributed by atoms with Crippen LogP contribution in [-0.4, -0.2) is 72.3 Å². The van der Waals surface area contributed by atoms with Crippen molar-refractivity contribution in [2.75, 3.05) is 0 Å². The molecule has 3 aromatic carbocycles. The molecule has 0 amide bonds. The van der Waals surface area contributed by atoms with Gasteiger partial charge in [-0.15, -0.1) is 10.2 Å². The summed E-state index contributed by atoms with van der Waals surface area (Å²) in [7, 11) is 0. The van der Waals surface area contributed by atoms with E-state index in [0.717, 1.165) is 10.8 Å². The molecule has 0 bridgehead atoms. The summed E-state index contributed by atoms with van der Waals surface area (Å²) in [5, 5.41) is 56.6. The third kappa shape index (κ3) is 4.48. The van der Waals surface area contributed by atoms with Gasteiger partial charge in [0.1, 0.15) is 34.0 Å². The predicted octanol–water partition coefficient (Wildman–Crippen LogP) is 4.09. The van der Waals surface area contributed by atoms with Gasteiger partial charge in [0.25, 0.3) is 0 Å². The van der Waals surface area contributed by atoms with E-state index in [-0.39, 0.29) is 22.6 Å². The summed E-state index contributed by atoms with van der Waals surface area (Å²) in [6.07, 6.45) is 6.62. The third-order valence-electron chi connectivity index (χ3n) is 7.03. The Morgan fingerprint density at radius 1 is 0.591 bits per heavy atom. The lowest BCUT2D eigenvalue weighted by Crippen LogP contribution is -1.99. The van der Waals surface area contributed by atoms with Gasteiger partial charge in [0.2, 0.25) is 0 Å². The highest BCUT2D eigenvalue weighted by molar-refractivity contribution is 6.04. The fourth-order valence-corrected chi connectivity index (χ4v) is 4.80. The topological polar surface area (TPSA) is 202 Å². The largest absolute Gasteiger partial charge is 0.507 e. The summed E-state index contributed by atoms with van der Waals surface area (Å²) in [5.74, 6) is -3.21. The van der Waals surface area contributed by atoms with Crippen LogP contribution in [0.4, 0.5) is 0 Å². The highest BCUT2D eigenvalue weighted by Crippen LogP contribution is 2.30. The van der Waals surface area contributed by atoms with Gasteiger partial charge in [-0.3, -0.25) is 9.97 Å². The monoisotopic (exact) mass is 586 g/mol. The second-order valence-corrected chi connectivity index (χ2v) is 9.77. The molecule has 0 radical (unpaired) electrons. The van der Waals surface area contributed by atoms with E-state index in [4.69, 9.17) is 10.2 Å². The number of benzene rings is 3. The second-order valence-electron chi connectivity index (χ2n) is 9.77. The highest BCUT2D eigenvalue weighted by atomic mass is 16.4. The molecule has 14 nitrogen and oxygen atoms in total. The lowest BCUT2D eigenvalue weighted by molar-refractivity contribution is 0.0682. The summed E-state index contributed by atoms with van der Waals surface area (Å²) >= 11 is 0. The summed E-state index contributed by atoms with van der Waals surface area (Å²) in [4.78, 5) is 31.6. The number of pyridine rings is 2. The maximum Gasteiger partial charge on any atom is 0.339 e. The number of fused-ring (bicyclic) bond motifs is 3. The van der Waals surface area contributed by atoms with Crippen molar-refractivity contribution in [3.8, 4) is 45.4 Å². The first kappa shape index (κ1) is 26.2. The fraction of sp³-hybridized carbons (Fsp3) is 0. The van der Waals surface area contributed by atoms with Crippen molar-refractivity contribution in [1.29, 1.82) is 0 Å². The molecule has 44 heavy (non-hydrogen) atoms. The average molecular weight is 587 g/mol. The van der Waals surface area contributed by atoms with E-state index >= 15 is 0 Å². The summed E-state index contributed by atoms with van der Waals surface area (Å²) in [6.45, 7) is 0. The number of nitrogens with zero attached hydrogens (tertiary/aromatic N) is 8.